The van der Waals surface area contributed by atoms with Crippen LogP contribution in [0, 0.1) is 18.3 Å². The van der Waals surface area contributed by atoms with Crippen molar-refractivity contribution < 1.29 is 0 Å². The van der Waals surface area contributed by atoms with E-state index < -0.39 is 0 Å². The lowest BCUT2D eigenvalue weighted by Crippen LogP contribution is -2.08. The van der Waals surface area contributed by atoms with Crippen molar-refractivity contribution in [1.29, 1.82) is 5.26 Å². The molecule has 0 bridgehead atoms. The molecule has 0 unspecified atom stereocenters. The molecule has 0 saturated heterocycles. The minimum Gasteiger partial charge on any atom is -0.382 e. The number of benzene rings is 1. The Kier molecular flexibility index (Phi) is 3.97. The largest absolute Gasteiger partial charge is 0.382 e. The SMILES string of the molecule is Cc1ccc2nnc(C#N)c(NCCCn3ccnc3)c2c1. The minimum absolute atomic E-state index is 0.334. The van der Waals surface area contributed by atoms with E-state index in [1.165, 1.54) is 0 Å². The van der Waals surface area contributed by atoms with Gasteiger partial charge in [-0.1, -0.05) is 11.6 Å². The van der Waals surface area contributed by atoms with Gasteiger partial charge in [0.05, 0.1) is 17.5 Å². The molecule has 0 radical (unpaired) electrons. The Morgan fingerprint density at radius 2 is 2.23 bits per heavy atom. The number of nitrogens with one attached hydrogen (secondary N) is 1. The molecule has 0 saturated carbocycles. The number of nitrogens with zero attached hydrogens (tertiary/aromatic N) is 5. The lowest BCUT2D eigenvalue weighted by molar-refractivity contribution is 0.661. The quantitative estimate of drug-likeness (QED) is 0.731. The van der Waals surface area contributed by atoms with Crippen LogP contribution < -0.4 is 5.32 Å². The summed E-state index contributed by atoms with van der Waals surface area (Å²) >= 11 is 0. The van der Waals surface area contributed by atoms with Crippen LogP contribution >= 0.6 is 0 Å². The van der Waals surface area contributed by atoms with E-state index in [1.54, 1.807) is 12.5 Å². The normalized spacial score (nSPS) is 10.5. The molecular weight excluding hydrogens is 276 g/mol. The molecule has 0 atom stereocenters. The number of aryl methyl sites for hydroxylation is 2. The molecule has 0 spiro atoms. The van der Waals surface area contributed by atoms with Gasteiger partial charge in [-0.2, -0.15) is 5.26 Å². The summed E-state index contributed by atoms with van der Waals surface area (Å²) in [7, 11) is 0. The first kappa shape index (κ1) is 14.0. The van der Waals surface area contributed by atoms with Crippen molar-refractivity contribution in [1.82, 2.24) is 19.7 Å². The van der Waals surface area contributed by atoms with Crippen LogP contribution in [0.3, 0.4) is 0 Å². The molecule has 2 aromatic heterocycles. The number of hydrogen-bond acceptors (Lipinski definition) is 5. The summed E-state index contributed by atoms with van der Waals surface area (Å²) < 4.78 is 2.03. The Balaban J connectivity index is 1.79. The highest BCUT2D eigenvalue weighted by atomic mass is 15.1. The van der Waals surface area contributed by atoms with E-state index in [1.807, 2.05) is 35.9 Å². The number of anilines is 1. The molecule has 0 aliphatic carbocycles. The molecule has 6 nitrogen and oxygen atoms in total. The number of fused-ring (bicyclic) bond motifs is 1. The van der Waals surface area contributed by atoms with Gasteiger partial charge >= 0.3 is 0 Å². The average Bonchev–Trinajstić information content (AvgIpc) is 3.04. The smallest absolute Gasteiger partial charge is 0.186 e. The molecule has 2 heterocycles. The van der Waals surface area contributed by atoms with Crippen LogP contribution in [0.25, 0.3) is 10.9 Å². The average molecular weight is 292 g/mol. The third-order valence-corrected chi connectivity index (χ3v) is 3.48. The van der Waals surface area contributed by atoms with Crippen molar-refractivity contribution in [2.24, 2.45) is 0 Å². The van der Waals surface area contributed by atoms with E-state index >= 15 is 0 Å². The Morgan fingerprint density at radius 3 is 3.00 bits per heavy atom. The van der Waals surface area contributed by atoms with E-state index in [0.717, 1.165) is 41.7 Å². The highest BCUT2D eigenvalue weighted by molar-refractivity contribution is 5.93. The Hall–Kier alpha value is -2.94. The predicted molar refractivity (Wildman–Crippen MR) is 84.3 cm³/mol. The van der Waals surface area contributed by atoms with Crippen LogP contribution in [0.2, 0.25) is 0 Å². The second-order valence-electron chi connectivity index (χ2n) is 5.14. The molecule has 0 aliphatic heterocycles. The summed E-state index contributed by atoms with van der Waals surface area (Å²) in [6.07, 6.45) is 6.43. The molecule has 0 fully saturated rings. The maximum atomic E-state index is 9.25. The molecule has 110 valence electrons. The number of hydrogen-bond donors (Lipinski definition) is 1. The van der Waals surface area contributed by atoms with Crippen molar-refractivity contribution in [3.63, 3.8) is 0 Å². The van der Waals surface area contributed by atoms with Gasteiger partial charge in [0.15, 0.2) is 5.69 Å². The lowest BCUT2D eigenvalue weighted by atomic mass is 10.1. The Labute approximate surface area is 128 Å². The zero-order chi connectivity index (χ0) is 15.4. The number of rotatable bonds is 5. The van der Waals surface area contributed by atoms with E-state index in [2.05, 4.69) is 26.6 Å². The fraction of sp³-hybridized carbons (Fsp3) is 0.250. The van der Waals surface area contributed by atoms with Gasteiger partial charge in [0.1, 0.15) is 6.07 Å². The fourth-order valence-corrected chi connectivity index (χ4v) is 2.37. The third kappa shape index (κ3) is 2.88. The standard InChI is InChI=1S/C16H16N6/c1-12-3-4-14-13(9-12)16(15(10-17)21-20-14)19-5-2-7-22-8-6-18-11-22/h3-4,6,8-9,11H,2,5,7H2,1H3,(H,19,20). The second kappa shape index (κ2) is 6.22. The molecule has 0 amide bonds. The van der Waals surface area contributed by atoms with Crippen molar-refractivity contribution in [3.8, 4) is 6.07 Å². The first-order chi connectivity index (χ1) is 10.8. The summed E-state index contributed by atoms with van der Waals surface area (Å²) in [6.45, 7) is 3.65. The third-order valence-electron chi connectivity index (χ3n) is 3.48. The van der Waals surface area contributed by atoms with E-state index in [0.29, 0.717) is 5.69 Å². The van der Waals surface area contributed by atoms with Crippen LogP contribution in [0.15, 0.2) is 36.9 Å². The Bertz CT molecular complexity index is 817. The molecule has 1 N–H and O–H groups in total. The van der Waals surface area contributed by atoms with Crippen molar-refractivity contribution in [2.75, 3.05) is 11.9 Å². The highest BCUT2D eigenvalue weighted by Gasteiger charge is 2.10. The first-order valence-corrected chi connectivity index (χ1v) is 7.14. The summed E-state index contributed by atoms with van der Waals surface area (Å²) in [5.74, 6) is 0. The fourth-order valence-electron chi connectivity index (χ4n) is 2.37. The zero-order valence-corrected chi connectivity index (χ0v) is 12.3. The molecule has 1 aromatic carbocycles. The summed E-state index contributed by atoms with van der Waals surface area (Å²) in [4.78, 5) is 4.02. The van der Waals surface area contributed by atoms with E-state index in [9.17, 15) is 5.26 Å². The topological polar surface area (TPSA) is 79.4 Å². The summed E-state index contributed by atoms with van der Waals surface area (Å²) in [5.41, 5.74) is 3.02. The van der Waals surface area contributed by atoms with Crippen LogP contribution in [0.5, 0.6) is 0 Å². The van der Waals surface area contributed by atoms with E-state index in [-0.39, 0.29) is 0 Å². The summed E-state index contributed by atoms with van der Waals surface area (Å²) in [6, 6.07) is 8.06. The van der Waals surface area contributed by atoms with Crippen LogP contribution in [0.1, 0.15) is 17.7 Å². The number of imidazole rings is 1. The Morgan fingerprint density at radius 1 is 1.32 bits per heavy atom. The van der Waals surface area contributed by atoms with Gasteiger partial charge in [0, 0.05) is 30.9 Å². The molecule has 0 aliphatic rings. The van der Waals surface area contributed by atoms with Crippen molar-refractivity contribution in [3.05, 3.63) is 48.2 Å². The highest BCUT2D eigenvalue weighted by Crippen LogP contribution is 2.25. The molecule has 3 rings (SSSR count). The van der Waals surface area contributed by atoms with Gasteiger partial charge in [-0.25, -0.2) is 4.98 Å². The van der Waals surface area contributed by atoms with Crippen LogP contribution in [-0.4, -0.2) is 26.3 Å². The molecular formula is C16H16N6. The van der Waals surface area contributed by atoms with Crippen molar-refractivity contribution >= 4 is 16.6 Å². The number of nitriles is 1. The van der Waals surface area contributed by atoms with Gasteiger partial charge in [0.2, 0.25) is 0 Å². The minimum atomic E-state index is 0.334. The molecule has 6 heteroatoms. The van der Waals surface area contributed by atoms with Gasteiger partial charge in [0.25, 0.3) is 0 Å². The molecule has 3 aromatic rings. The van der Waals surface area contributed by atoms with E-state index in [4.69, 9.17) is 0 Å². The maximum Gasteiger partial charge on any atom is 0.186 e. The van der Waals surface area contributed by atoms with Gasteiger partial charge in [-0.15, -0.1) is 10.2 Å². The predicted octanol–water partition coefficient (Wildman–Crippen LogP) is 2.51. The second-order valence-corrected chi connectivity index (χ2v) is 5.14. The van der Waals surface area contributed by atoms with Crippen LogP contribution in [-0.2, 0) is 6.54 Å². The van der Waals surface area contributed by atoms with Gasteiger partial charge < -0.3 is 9.88 Å². The monoisotopic (exact) mass is 292 g/mol. The lowest BCUT2D eigenvalue weighted by Gasteiger charge is -2.11. The van der Waals surface area contributed by atoms with Gasteiger partial charge in [-0.05, 0) is 25.5 Å². The van der Waals surface area contributed by atoms with Crippen LogP contribution in [0.4, 0.5) is 5.69 Å². The number of aromatic nitrogens is 4. The maximum absolute atomic E-state index is 9.25. The van der Waals surface area contributed by atoms with Crippen molar-refractivity contribution in [2.45, 2.75) is 19.9 Å². The summed E-state index contributed by atoms with van der Waals surface area (Å²) in [5, 5.41) is 21.6. The first-order valence-electron chi connectivity index (χ1n) is 7.14. The zero-order valence-electron chi connectivity index (χ0n) is 12.3. The van der Waals surface area contributed by atoms with Gasteiger partial charge in [-0.3, -0.25) is 0 Å². The molecule has 22 heavy (non-hydrogen) atoms.